The maximum absolute atomic E-state index is 12.7. The van der Waals surface area contributed by atoms with Crippen molar-refractivity contribution in [2.45, 2.75) is 39.2 Å². The SMILES string of the molecule is CCCCNC(=O)C(Cc1ccc(C(=O)c2ccccc2)cc1)NC(=O)CNC(=O)CNC(C)=O. The van der Waals surface area contributed by atoms with E-state index < -0.39 is 17.9 Å². The zero-order valence-corrected chi connectivity index (χ0v) is 20.1. The average molecular weight is 481 g/mol. The molecule has 0 aliphatic heterocycles. The number of amides is 4. The molecule has 0 aliphatic rings. The maximum atomic E-state index is 12.7. The highest BCUT2D eigenvalue weighted by Gasteiger charge is 2.21. The number of hydrogen-bond donors (Lipinski definition) is 4. The number of ketones is 1. The molecule has 0 fully saturated rings. The van der Waals surface area contributed by atoms with Gasteiger partial charge in [0.25, 0.3) is 0 Å². The second-order valence-corrected chi connectivity index (χ2v) is 8.05. The normalized spacial score (nSPS) is 11.1. The van der Waals surface area contributed by atoms with Gasteiger partial charge in [0, 0.05) is 31.0 Å². The fourth-order valence-corrected chi connectivity index (χ4v) is 3.20. The monoisotopic (exact) mass is 480 g/mol. The van der Waals surface area contributed by atoms with Crippen molar-refractivity contribution in [3.63, 3.8) is 0 Å². The Hall–Kier alpha value is -4.01. The van der Waals surface area contributed by atoms with Crippen LogP contribution in [-0.2, 0) is 25.6 Å². The third-order valence-corrected chi connectivity index (χ3v) is 5.12. The molecule has 0 spiro atoms. The van der Waals surface area contributed by atoms with Crippen LogP contribution in [0.1, 0.15) is 48.2 Å². The van der Waals surface area contributed by atoms with Crippen LogP contribution in [0.15, 0.2) is 54.6 Å². The van der Waals surface area contributed by atoms with Gasteiger partial charge < -0.3 is 21.3 Å². The van der Waals surface area contributed by atoms with Gasteiger partial charge >= 0.3 is 0 Å². The molecule has 2 aromatic carbocycles. The minimum atomic E-state index is -0.859. The van der Waals surface area contributed by atoms with E-state index in [9.17, 15) is 24.0 Å². The van der Waals surface area contributed by atoms with E-state index in [1.165, 1.54) is 6.92 Å². The summed E-state index contributed by atoms with van der Waals surface area (Å²) in [6.45, 7) is 3.21. The van der Waals surface area contributed by atoms with Gasteiger partial charge in [-0.05, 0) is 12.0 Å². The van der Waals surface area contributed by atoms with E-state index in [1.807, 2.05) is 13.0 Å². The van der Waals surface area contributed by atoms with E-state index in [1.54, 1.807) is 48.5 Å². The van der Waals surface area contributed by atoms with Crippen LogP contribution < -0.4 is 21.3 Å². The summed E-state index contributed by atoms with van der Waals surface area (Å²) in [6, 6.07) is 15.0. The third-order valence-electron chi connectivity index (χ3n) is 5.12. The summed E-state index contributed by atoms with van der Waals surface area (Å²) < 4.78 is 0. The molecular weight excluding hydrogens is 448 g/mol. The van der Waals surface area contributed by atoms with Gasteiger partial charge in [-0.1, -0.05) is 67.9 Å². The highest BCUT2D eigenvalue weighted by atomic mass is 16.2. The van der Waals surface area contributed by atoms with Crippen LogP contribution in [0.3, 0.4) is 0 Å². The fraction of sp³-hybridized carbons (Fsp3) is 0.346. The number of hydrogen-bond acceptors (Lipinski definition) is 5. The molecule has 4 amide bonds. The van der Waals surface area contributed by atoms with E-state index in [-0.39, 0.29) is 37.1 Å². The van der Waals surface area contributed by atoms with E-state index in [4.69, 9.17) is 0 Å². The molecule has 4 N–H and O–H groups in total. The predicted octanol–water partition coefficient (Wildman–Crippen LogP) is 1.11. The number of carbonyl (C=O) groups excluding carboxylic acids is 5. The molecule has 186 valence electrons. The van der Waals surface area contributed by atoms with Gasteiger partial charge in [0.05, 0.1) is 13.1 Å². The van der Waals surface area contributed by atoms with Gasteiger partial charge in [0.2, 0.25) is 23.6 Å². The van der Waals surface area contributed by atoms with Crippen molar-refractivity contribution in [1.82, 2.24) is 21.3 Å². The number of carbonyl (C=O) groups is 5. The first-order chi connectivity index (χ1) is 16.8. The molecule has 9 heteroatoms. The Morgan fingerprint density at radius 1 is 0.771 bits per heavy atom. The molecule has 9 nitrogen and oxygen atoms in total. The lowest BCUT2D eigenvalue weighted by Crippen LogP contribution is -2.51. The van der Waals surface area contributed by atoms with E-state index in [2.05, 4.69) is 21.3 Å². The van der Waals surface area contributed by atoms with Gasteiger partial charge in [0.15, 0.2) is 5.78 Å². The van der Waals surface area contributed by atoms with Crippen LogP contribution in [0, 0.1) is 0 Å². The molecule has 0 bridgehead atoms. The minimum Gasteiger partial charge on any atom is -0.354 e. The molecule has 2 aromatic rings. The summed E-state index contributed by atoms with van der Waals surface area (Å²) >= 11 is 0. The molecule has 0 aliphatic carbocycles. The fourth-order valence-electron chi connectivity index (χ4n) is 3.20. The molecule has 35 heavy (non-hydrogen) atoms. The zero-order chi connectivity index (χ0) is 25.6. The Kier molecular flexibility index (Phi) is 11.1. The summed E-state index contributed by atoms with van der Waals surface area (Å²) in [5.74, 6) is -1.84. The number of rotatable bonds is 13. The summed E-state index contributed by atoms with van der Waals surface area (Å²) in [6.07, 6.45) is 1.93. The quantitative estimate of drug-likeness (QED) is 0.252. The number of unbranched alkanes of at least 4 members (excludes halogenated alkanes) is 1. The van der Waals surface area contributed by atoms with Crippen molar-refractivity contribution in [1.29, 1.82) is 0 Å². The van der Waals surface area contributed by atoms with Gasteiger partial charge in [-0.25, -0.2) is 0 Å². The Morgan fingerprint density at radius 3 is 2.03 bits per heavy atom. The first kappa shape index (κ1) is 27.2. The maximum Gasteiger partial charge on any atom is 0.242 e. The van der Waals surface area contributed by atoms with Gasteiger partial charge in [-0.3, -0.25) is 24.0 Å². The molecule has 0 saturated heterocycles. The van der Waals surface area contributed by atoms with Crippen LogP contribution in [0.25, 0.3) is 0 Å². The molecule has 0 radical (unpaired) electrons. The molecule has 2 rings (SSSR count). The highest BCUT2D eigenvalue weighted by molar-refractivity contribution is 6.08. The molecule has 1 unspecified atom stereocenters. The van der Waals surface area contributed by atoms with Gasteiger partial charge in [-0.2, -0.15) is 0 Å². The standard InChI is InChI=1S/C26H32N4O5/c1-3-4-14-27-26(35)22(30-24(33)17-29-23(32)16-28-18(2)31)15-19-10-12-21(13-11-19)25(34)20-8-6-5-7-9-20/h5-13,22H,3-4,14-17H2,1-2H3,(H,27,35)(H,28,31)(H,29,32)(H,30,33). The van der Waals surface area contributed by atoms with Crippen molar-refractivity contribution >= 4 is 29.4 Å². The second-order valence-electron chi connectivity index (χ2n) is 8.05. The van der Waals surface area contributed by atoms with Gasteiger partial charge in [-0.15, -0.1) is 0 Å². The molecule has 0 heterocycles. The average Bonchev–Trinajstić information content (AvgIpc) is 2.86. The Bertz CT molecular complexity index is 1020. The van der Waals surface area contributed by atoms with Crippen LogP contribution in [0.5, 0.6) is 0 Å². The second kappa shape index (κ2) is 14.3. The summed E-state index contributed by atoms with van der Waals surface area (Å²) in [7, 11) is 0. The van der Waals surface area contributed by atoms with Crippen LogP contribution in [-0.4, -0.2) is 55.1 Å². The smallest absolute Gasteiger partial charge is 0.242 e. The largest absolute Gasteiger partial charge is 0.354 e. The van der Waals surface area contributed by atoms with E-state index >= 15 is 0 Å². The first-order valence-corrected chi connectivity index (χ1v) is 11.6. The number of benzene rings is 2. The molecule has 0 aromatic heterocycles. The summed E-state index contributed by atoms with van der Waals surface area (Å²) in [4.78, 5) is 60.3. The van der Waals surface area contributed by atoms with Crippen molar-refractivity contribution in [3.8, 4) is 0 Å². The summed E-state index contributed by atoms with van der Waals surface area (Å²) in [5.41, 5.74) is 1.87. The predicted molar refractivity (Wildman–Crippen MR) is 132 cm³/mol. The van der Waals surface area contributed by atoms with Crippen LogP contribution >= 0.6 is 0 Å². The van der Waals surface area contributed by atoms with Crippen LogP contribution in [0.2, 0.25) is 0 Å². The first-order valence-electron chi connectivity index (χ1n) is 11.6. The third kappa shape index (κ3) is 9.79. The van der Waals surface area contributed by atoms with Crippen molar-refractivity contribution in [2.75, 3.05) is 19.6 Å². The van der Waals surface area contributed by atoms with Crippen molar-refractivity contribution in [3.05, 3.63) is 71.3 Å². The van der Waals surface area contributed by atoms with E-state index in [0.29, 0.717) is 17.7 Å². The van der Waals surface area contributed by atoms with Crippen molar-refractivity contribution < 1.29 is 24.0 Å². The van der Waals surface area contributed by atoms with Gasteiger partial charge in [0.1, 0.15) is 6.04 Å². The molecule has 0 saturated carbocycles. The molecular formula is C26H32N4O5. The zero-order valence-electron chi connectivity index (χ0n) is 20.1. The highest BCUT2D eigenvalue weighted by Crippen LogP contribution is 2.12. The lowest BCUT2D eigenvalue weighted by atomic mass is 9.99. The Balaban J connectivity index is 2.02. The summed E-state index contributed by atoms with van der Waals surface area (Å²) in [5, 5.41) is 10.2. The lowest BCUT2D eigenvalue weighted by molar-refractivity contribution is -0.130. The number of nitrogens with one attached hydrogen (secondary N) is 4. The van der Waals surface area contributed by atoms with E-state index in [0.717, 1.165) is 18.4 Å². The lowest BCUT2D eigenvalue weighted by Gasteiger charge is -2.19. The van der Waals surface area contributed by atoms with Crippen molar-refractivity contribution in [2.24, 2.45) is 0 Å². The Morgan fingerprint density at radius 2 is 1.40 bits per heavy atom. The molecule has 1 atom stereocenters. The van der Waals surface area contributed by atoms with Crippen LogP contribution in [0.4, 0.5) is 0 Å². The Labute approximate surface area is 205 Å². The topological polar surface area (TPSA) is 133 Å². The minimum absolute atomic E-state index is 0.102.